The van der Waals surface area contributed by atoms with Crippen molar-refractivity contribution in [1.29, 1.82) is 0 Å². The van der Waals surface area contributed by atoms with Gasteiger partial charge in [-0.25, -0.2) is 4.98 Å². The fraction of sp³-hybridized carbons (Fsp3) is 0.556. The number of hydrogen-bond acceptors (Lipinski definition) is 7. The summed E-state index contributed by atoms with van der Waals surface area (Å²) in [5.74, 6) is -0.927. The number of aromatic nitrogens is 2. The zero-order valence-corrected chi connectivity index (χ0v) is 9.18. The largest absolute Gasteiger partial charge is 0.443 e. The number of hydrogen-bond donors (Lipinski definition) is 5. The number of rotatable bonds is 3. The molecule has 1 saturated heterocycles. The van der Waals surface area contributed by atoms with E-state index in [2.05, 4.69) is 9.97 Å². The fourth-order valence-electron chi connectivity index (χ4n) is 1.54. The van der Waals surface area contributed by atoms with E-state index in [0.29, 0.717) is 0 Å². The Kier molecular flexibility index (Phi) is 3.48. The second kappa shape index (κ2) is 4.90. The highest BCUT2D eigenvalue weighted by molar-refractivity contribution is 5.93. The SMILES string of the molecule is NC(=O)c1[nH]cnc1O[C@@H]1OC[C@@H](O)[C@H](O)[C@@H]1O. The Bertz CT molecular complexity index is 436. The topological polar surface area (TPSA) is 151 Å². The van der Waals surface area contributed by atoms with Crippen LogP contribution in [0.25, 0.3) is 0 Å². The van der Waals surface area contributed by atoms with E-state index < -0.39 is 30.5 Å². The van der Waals surface area contributed by atoms with Crippen LogP contribution in [0.5, 0.6) is 5.88 Å². The molecule has 9 nitrogen and oxygen atoms in total. The molecule has 2 rings (SSSR count). The molecule has 1 aromatic heterocycles. The van der Waals surface area contributed by atoms with Gasteiger partial charge in [-0.05, 0) is 0 Å². The fourth-order valence-corrected chi connectivity index (χ4v) is 1.54. The number of H-pyrrole nitrogens is 1. The molecule has 9 heteroatoms. The average molecular weight is 259 g/mol. The molecule has 4 atom stereocenters. The average Bonchev–Trinajstić information content (AvgIpc) is 2.78. The third-order valence-corrected chi connectivity index (χ3v) is 2.53. The number of aromatic amines is 1. The summed E-state index contributed by atoms with van der Waals surface area (Å²) in [6, 6.07) is 0. The number of aliphatic hydroxyl groups excluding tert-OH is 3. The zero-order valence-electron chi connectivity index (χ0n) is 9.18. The van der Waals surface area contributed by atoms with Crippen molar-refractivity contribution in [2.24, 2.45) is 5.73 Å². The number of amides is 1. The molecule has 18 heavy (non-hydrogen) atoms. The minimum absolute atomic E-state index is 0.0774. The molecule has 6 N–H and O–H groups in total. The van der Waals surface area contributed by atoms with Crippen molar-refractivity contribution in [2.75, 3.05) is 6.61 Å². The lowest BCUT2D eigenvalue weighted by Crippen LogP contribution is -2.54. The van der Waals surface area contributed by atoms with Crippen LogP contribution >= 0.6 is 0 Å². The Morgan fingerprint density at radius 1 is 1.50 bits per heavy atom. The first kappa shape index (κ1) is 12.8. The summed E-state index contributed by atoms with van der Waals surface area (Å²) in [6.07, 6.45) is -4.12. The first-order valence-electron chi connectivity index (χ1n) is 5.16. The summed E-state index contributed by atoms with van der Waals surface area (Å²) in [7, 11) is 0. The van der Waals surface area contributed by atoms with Gasteiger partial charge in [0.15, 0.2) is 5.69 Å². The molecule has 0 saturated carbocycles. The minimum atomic E-state index is -1.47. The molecule has 100 valence electrons. The minimum Gasteiger partial charge on any atom is -0.443 e. The lowest BCUT2D eigenvalue weighted by Gasteiger charge is -2.34. The van der Waals surface area contributed by atoms with Gasteiger partial charge in [0, 0.05) is 0 Å². The highest BCUT2D eigenvalue weighted by Gasteiger charge is 2.39. The maximum Gasteiger partial charge on any atom is 0.270 e. The van der Waals surface area contributed by atoms with Crippen LogP contribution in [0.15, 0.2) is 6.33 Å². The molecule has 0 unspecified atom stereocenters. The third-order valence-electron chi connectivity index (χ3n) is 2.53. The zero-order chi connectivity index (χ0) is 13.3. The maximum atomic E-state index is 11.0. The quantitative estimate of drug-likeness (QED) is 0.397. The molecule has 0 bridgehead atoms. The van der Waals surface area contributed by atoms with Crippen LogP contribution in [-0.4, -0.2) is 62.4 Å². The molecule has 0 spiro atoms. The van der Waals surface area contributed by atoms with Crippen LogP contribution < -0.4 is 10.5 Å². The number of nitrogens with one attached hydrogen (secondary N) is 1. The summed E-state index contributed by atoms with van der Waals surface area (Å²) in [4.78, 5) is 17.2. The summed E-state index contributed by atoms with van der Waals surface area (Å²) < 4.78 is 10.1. The van der Waals surface area contributed by atoms with Crippen LogP contribution in [0, 0.1) is 0 Å². The maximum absolute atomic E-state index is 11.0. The predicted molar refractivity (Wildman–Crippen MR) is 55.5 cm³/mol. The molecular weight excluding hydrogens is 246 g/mol. The predicted octanol–water partition coefficient (Wildman–Crippen LogP) is -2.67. The van der Waals surface area contributed by atoms with Gasteiger partial charge in [0.2, 0.25) is 12.2 Å². The summed E-state index contributed by atoms with van der Waals surface area (Å²) in [6.45, 7) is -0.209. The lowest BCUT2D eigenvalue weighted by molar-refractivity contribution is -0.242. The number of carbonyl (C=O) groups excluding carboxylic acids is 1. The van der Waals surface area contributed by atoms with E-state index in [-0.39, 0.29) is 18.2 Å². The Balaban J connectivity index is 2.09. The van der Waals surface area contributed by atoms with Crippen molar-refractivity contribution in [2.45, 2.75) is 24.6 Å². The number of aliphatic hydroxyl groups is 3. The Morgan fingerprint density at radius 2 is 2.22 bits per heavy atom. The molecule has 0 aliphatic carbocycles. The highest BCUT2D eigenvalue weighted by atomic mass is 16.7. The van der Waals surface area contributed by atoms with E-state index in [4.69, 9.17) is 15.2 Å². The van der Waals surface area contributed by atoms with Crippen molar-refractivity contribution >= 4 is 5.91 Å². The van der Waals surface area contributed by atoms with Gasteiger partial charge in [-0.2, -0.15) is 0 Å². The molecule has 1 aliphatic rings. The van der Waals surface area contributed by atoms with Gasteiger partial charge < -0.3 is 35.5 Å². The summed E-state index contributed by atoms with van der Waals surface area (Å²) >= 11 is 0. The van der Waals surface area contributed by atoms with E-state index in [1.54, 1.807) is 0 Å². The van der Waals surface area contributed by atoms with Crippen LogP contribution in [0.4, 0.5) is 0 Å². The number of primary amides is 1. The van der Waals surface area contributed by atoms with Gasteiger partial charge in [0.05, 0.1) is 12.9 Å². The molecule has 1 aromatic rings. The number of nitrogens with two attached hydrogens (primary N) is 1. The Hall–Kier alpha value is -1.68. The second-order valence-corrected chi connectivity index (χ2v) is 3.82. The summed E-state index contributed by atoms with van der Waals surface area (Å²) in [5.41, 5.74) is 4.99. The number of imidazole rings is 1. The molecule has 0 radical (unpaired) electrons. The van der Waals surface area contributed by atoms with Gasteiger partial charge >= 0.3 is 0 Å². The third kappa shape index (κ3) is 2.29. The Morgan fingerprint density at radius 3 is 2.89 bits per heavy atom. The summed E-state index contributed by atoms with van der Waals surface area (Å²) in [5, 5.41) is 28.3. The molecular formula is C9H13N3O6. The lowest BCUT2D eigenvalue weighted by atomic mass is 10.1. The monoisotopic (exact) mass is 259 g/mol. The van der Waals surface area contributed by atoms with Crippen molar-refractivity contribution in [3.63, 3.8) is 0 Å². The van der Waals surface area contributed by atoms with E-state index >= 15 is 0 Å². The van der Waals surface area contributed by atoms with E-state index in [9.17, 15) is 20.1 Å². The first-order valence-corrected chi connectivity index (χ1v) is 5.16. The number of nitrogens with zero attached hydrogens (tertiary/aromatic N) is 1. The van der Waals surface area contributed by atoms with Crippen LogP contribution in [-0.2, 0) is 4.74 Å². The second-order valence-electron chi connectivity index (χ2n) is 3.82. The van der Waals surface area contributed by atoms with Crippen molar-refractivity contribution in [3.05, 3.63) is 12.0 Å². The highest BCUT2D eigenvalue weighted by Crippen LogP contribution is 2.20. The molecule has 1 amide bonds. The van der Waals surface area contributed by atoms with E-state index in [1.165, 1.54) is 6.33 Å². The molecule has 1 aliphatic heterocycles. The van der Waals surface area contributed by atoms with Crippen LogP contribution in [0.1, 0.15) is 10.5 Å². The van der Waals surface area contributed by atoms with Crippen molar-refractivity contribution < 1.29 is 29.6 Å². The van der Waals surface area contributed by atoms with Gasteiger partial charge in [0.25, 0.3) is 5.91 Å². The standard InChI is InChI=1S/C9H13N3O6/c10-7(16)4-8(12-2-11-4)18-9-6(15)5(14)3(13)1-17-9/h2-3,5-6,9,13-15H,1H2,(H2,10,16)(H,11,12)/t3-,5+,6+,9+/m1/s1. The van der Waals surface area contributed by atoms with Crippen molar-refractivity contribution in [1.82, 2.24) is 9.97 Å². The molecule has 0 aromatic carbocycles. The number of carbonyl (C=O) groups is 1. The van der Waals surface area contributed by atoms with Gasteiger partial charge in [-0.15, -0.1) is 0 Å². The normalized spacial score (nSPS) is 32.2. The molecule has 2 heterocycles. The van der Waals surface area contributed by atoms with E-state index in [1.807, 2.05) is 0 Å². The smallest absolute Gasteiger partial charge is 0.270 e. The number of ether oxygens (including phenoxy) is 2. The van der Waals surface area contributed by atoms with E-state index in [0.717, 1.165) is 0 Å². The van der Waals surface area contributed by atoms with Gasteiger partial charge in [0.1, 0.15) is 18.3 Å². The van der Waals surface area contributed by atoms with Crippen molar-refractivity contribution in [3.8, 4) is 5.88 Å². The Labute approximate surface area is 101 Å². The van der Waals surface area contributed by atoms with Gasteiger partial charge in [-0.3, -0.25) is 4.79 Å². The van der Waals surface area contributed by atoms with Crippen LogP contribution in [0.3, 0.4) is 0 Å². The van der Waals surface area contributed by atoms with Gasteiger partial charge in [-0.1, -0.05) is 0 Å². The first-order chi connectivity index (χ1) is 8.50. The van der Waals surface area contributed by atoms with Crippen LogP contribution in [0.2, 0.25) is 0 Å². The molecule has 1 fully saturated rings.